The van der Waals surface area contributed by atoms with Gasteiger partial charge in [0.15, 0.2) is 0 Å². The number of hydrogen-bond acceptors (Lipinski definition) is 4. The minimum atomic E-state index is -0.754. The Morgan fingerprint density at radius 2 is 1.89 bits per heavy atom. The third-order valence-electron chi connectivity index (χ3n) is 7.96. The van der Waals surface area contributed by atoms with E-state index < -0.39 is 12.1 Å². The second-order valence-corrected chi connectivity index (χ2v) is 10.2. The number of benzene rings is 2. The van der Waals surface area contributed by atoms with E-state index in [0.29, 0.717) is 24.2 Å². The van der Waals surface area contributed by atoms with Crippen molar-refractivity contribution in [3.8, 4) is 0 Å². The summed E-state index contributed by atoms with van der Waals surface area (Å²) in [6, 6.07) is 17.2. The zero-order valence-corrected chi connectivity index (χ0v) is 21.4. The smallest absolute Gasteiger partial charge is 0.255 e. The maximum Gasteiger partial charge on any atom is 0.255 e. The number of hydrogen-bond donors (Lipinski definition) is 3. The van der Waals surface area contributed by atoms with E-state index in [-0.39, 0.29) is 36.2 Å². The zero-order chi connectivity index (χ0) is 26.4. The molecule has 38 heavy (non-hydrogen) atoms. The van der Waals surface area contributed by atoms with Crippen molar-refractivity contribution in [1.82, 2.24) is 20.5 Å². The molecule has 0 bridgehead atoms. The lowest BCUT2D eigenvalue weighted by atomic mass is 9.89. The van der Waals surface area contributed by atoms with Crippen LogP contribution in [0.25, 0.3) is 10.9 Å². The number of fused-ring (bicyclic) bond motifs is 7. The molecule has 4 aromatic rings. The van der Waals surface area contributed by atoms with Crippen LogP contribution < -0.4 is 10.6 Å². The average Bonchev–Trinajstić information content (AvgIpc) is 3.66. The van der Waals surface area contributed by atoms with Crippen molar-refractivity contribution in [2.45, 2.75) is 51.4 Å². The molecule has 0 saturated heterocycles. The molecule has 3 amide bonds. The lowest BCUT2D eigenvalue weighted by molar-refractivity contribution is -0.133. The van der Waals surface area contributed by atoms with Crippen LogP contribution in [0.4, 0.5) is 0 Å². The summed E-state index contributed by atoms with van der Waals surface area (Å²) in [5.74, 6) is -0.247. The molecular formula is C30H30N4O4. The molecule has 8 heteroatoms. The molecule has 4 atom stereocenters. The normalized spacial score (nSPS) is 19.4. The third-order valence-corrected chi connectivity index (χ3v) is 7.96. The van der Waals surface area contributed by atoms with Gasteiger partial charge in [0, 0.05) is 28.6 Å². The fraction of sp³-hybridized carbons (Fsp3) is 0.300. The van der Waals surface area contributed by atoms with Gasteiger partial charge < -0.3 is 24.9 Å². The summed E-state index contributed by atoms with van der Waals surface area (Å²) in [7, 11) is 0. The quantitative estimate of drug-likeness (QED) is 0.348. The van der Waals surface area contributed by atoms with E-state index in [4.69, 9.17) is 4.42 Å². The molecule has 4 heterocycles. The van der Waals surface area contributed by atoms with Gasteiger partial charge >= 0.3 is 0 Å². The summed E-state index contributed by atoms with van der Waals surface area (Å²) in [5, 5.41) is 6.94. The predicted molar refractivity (Wildman–Crippen MR) is 142 cm³/mol. The van der Waals surface area contributed by atoms with Gasteiger partial charge in [-0.3, -0.25) is 14.4 Å². The fourth-order valence-electron chi connectivity index (χ4n) is 5.79. The van der Waals surface area contributed by atoms with Gasteiger partial charge in [-0.25, -0.2) is 0 Å². The van der Waals surface area contributed by atoms with Gasteiger partial charge in [-0.05, 0) is 41.3 Å². The van der Waals surface area contributed by atoms with Crippen LogP contribution in [-0.2, 0) is 22.6 Å². The van der Waals surface area contributed by atoms with Gasteiger partial charge in [0.1, 0.15) is 17.8 Å². The first-order valence-corrected chi connectivity index (χ1v) is 13.1. The molecule has 3 N–H and O–H groups in total. The molecule has 2 aromatic heterocycles. The number of H-pyrrole nitrogens is 1. The van der Waals surface area contributed by atoms with E-state index in [9.17, 15) is 14.4 Å². The molecule has 0 spiro atoms. The van der Waals surface area contributed by atoms with Crippen molar-refractivity contribution < 1.29 is 18.8 Å². The number of carbonyl (C=O) groups excluding carboxylic acids is 3. The molecule has 0 fully saturated rings. The number of nitrogens with one attached hydrogen (secondary N) is 3. The van der Waals surface area contributed by atoms with Gasteiger partial charge in [0.05, 0.1) is 18.8 Å². The largest absolute Gasteiger partial charge is 0.467 e. The van der Waals surface area contributed by atoms with Crippen molar-refractivity contribution in [2.75, 3.05) is 0 Å². The summed E-state index contributed by atoms with van der Waals surface area (Å²) in [5.41, 5.74) is 4.45. The minimum Gasteiger partial charge on any atom is -0.467 e. The molecule has 0 aliphatic carbocycles. The van der Waals surface area contributed by atoms with Crippen molar-refractivity contribution >= 4 is 28.6 Å². The van der Waals surface area contributed by atoms with Crippen LogP contribution in [0.5, 0.6) is 0 Å². The highest BCUT2D eigenvalue weighted by Gasteiger charge is 2.49. The van der Waals surface area contributed by atoms with Crippen LogP contribution in [0.1, 0.15) is 59.2 Å². The standard InChI is InChI=1S/C30H30N4O4/c1-3-17(2)25(29(36)31-16-18-9-8-14-38-18)33-28(35)24-15-22-19-10-6-7-13-23(19)32-26(22)27-20-11-4-5-12-21(20)30(37)34(24)27/h4-14,17,24-25,27,32H,3,15-16H2,1-2H3,(H,31,36)(H,33,35)/t17-,24+,25+,27-/m1/s1. The highest BCUT2D eigenvalue weighted by atomic mass is 16.3. The summed E-state index contributed by atoms with van der Waals surface area (Å²) >= 11 is 0. The second-order valence-electron chi connectivity index (χ2n) is 10.2. The topological polar surface area (TPSA) is 107 Å². The number of carbonyl (C=O) groups is 3. The molecule has 0 unspecified atom stereocenters. The summed E-state index contributed by atoms with van der Waals surface area (Å²) in [6.45, 7) is 4.16. The first kappa shape index (κ1) is 24.0. The number of para-hydroxylation sites is 1. The molecule has 6 rings (SSSR count). The molecule has 2 aromatic carbocycles. The van der Waals surface area contributed by atoms with Crippen molar-refractivity contribution in [1.29, 1.82) is 0 Å². The SMILES string of the molecule is CC[C@@H](C)[C@H](NC(=O)[C@@H]1Cc2c([nH]c3ccccc23)[C@H]2c3ccccc3C(=O)N21)C(=O)NCc1ccco1. The monoisotopic (exact) mass is 510 g/mol. The number of aromatic nitrogens is 1. The Hall–Kier alpha value is -4.33. The average molecular weight is 511 g/mol. The number of aromatic amines is 1. The summed E-state index contributed by atoms with van der Waals surface area (Å²) in [4.78, 5) is 46.0. The molecule has 0 radical (unpaired) electrons. The van der Waals surface area contributed by atoms with Crippen LogP contribution in [0.15, 0.2) is 71.3 Å². The van der Waals surface area contributed by atoms with Crippen molar-refractivity contribution in [2.24, 2.45) is 5.92 Å². The number of amides is 3. The molecule has 2 aliphatic rings. The first-order valence-electron chi connectivity index (χ1n) is 13.1. The van der Waals surface area contributed by atoms with Crippen LogP contribution in [0, 0.1) is 5.92 Å². The lowest BCUT2D eigenvalue weighted by Crippen LogP contribution is -2.58. The van der Waals surface area contributed by atoms with E-state index in [2.05, 4.69) is 15.6 Å². The Bertz CT molecular complexity index is 1520. The van der Waals surface area contributed by atoms with Gasteiger partial charge in [-0.15, -0.1) is 0 Å². The molecule has 2 aliphatic heterocycles. The van der Waals surface area contributed by atoms with Crippen LogP contribution >= 0.6 is 0 Å². The summed E-state index contributed by atoms with van der Waals surface area (Å²) in [6.07, 6.45) is 2.62. The number of nitrogens with zero attached hydrogens (tertiary/aromatic N) is 1. The van der Waals surface area contributed by atoms with E-state index in [1.807, 2.05) is 62.4 Å². The van der Waals surface area contributed by atoms with Crippen molar-refractivity contribution in [3.05, 3.63) is 95.1 Å². The zero-order valence-electron chi connectivity index (χ0n) is 21.4. The Kier molecular flexibility index (Phi) is 6.02. The predicted octanol–water partition coefficient (Wildman–Crippen LogP) is 4.08. The van der Waals surface area contributed by atoms with Gasteiger partial charge in [0.25, 0.3) is 5.91 Å². The fourth-order valence-corrected chi connectivity index (χ4v) is 5.79. The Morgan fingerprint density at radius 1 is 1.11 bits per heavy atom. The Morgan fingerprint density at radius 3 is 2.68 bits per heavy atom. The molecule has 8 nitrogen and oxygen atoms in total. The Balaban J connectivity index is 1.34. The van der Waals surface area contributed by atoms with E-state index in [1.165, 1.54) is 0 Å². The maximum atomic E-state index is 14.0. The maximum absolute atomic E-state index is 14.0. The van der Waals surface area contributed by atoms with E-state index >= 15 is 0 Å². The molecular weight excluding hydrogens is 480 g/mol. The van der Waals surface area contributed by atoms with Crippen LogP contribution in [0.2, 0.25) is 0 Å². The lowest BCUT2D eigenvalue weighted by Gasteiger charge is -2.38. The molecule has 194 valence electrons. The number of furan rings is 1. The highest BCUT2D eigenvalue weighted by molar-refractivity contribution is 6.04. The van der Waals surface area contributed by atoms with Crippen molar-refractivity contribution in [3.63, 3.8) is 0 Å². The second kappa shape index (κ2) is 9.52. The number of rotatable bonds is 7. The van der Waals surface area contributed by atoms with Crippen LogP contribution in [-0.4, -0.2) is 39.7 Å². The minimum absolute atomic E-state index is 0.106. The highest BCUT2D eigenvalue weighted by Crippen LogP contribution is 2.46. The molecule has 0 saturated carbocycles. The van der Waals surface area contributed by atoms with Crippen LogP contribution in [0.3, 0.4) is 0 Å². The van der Waals surface area contributed by atoms with Gasteiger partial charge in [-0.2, -0.15) is 0 Å². The van der Waals surface area contributed by atoms with E-state index in [0.717, 1.165) is 27.7 Å². The summed E-state index contributed by atoms with van der Waals surface area (Å²) < 4.78 is 5.33. The Labute approximate surface area is 220 Å². The first-order chi connectivity index (χ1) is 18.5. The third kappa shape index (κ3) is 3.88. The van der Waals surface area contributed by atoms with Gasteiger partial charge in [0.2, 0.25) is 11.8 Å². The van der Waals surface area contributed by atoms with E-state index in [1.54, 1.807) is 23.3 Å². The van der Waals surface area contributed by atoms with Gasteiger partial charge in [-0.1, -0.05) is 56.7 Å².